The molecule has 1 fully saturated rings. The number of carbonyl (C=O) groups is 1. The average Bonchev–Trinajstić information content (AvgIpc) is 2.50. The number of carbonyl (C=O) groups excluding carboxylic acids is 1. The average molecular weight is 313 g/mol. The second-order valence-electron chi connectivity index (χ2n) is 5.24. The molecule has 0 saturated carbocycles. The number of anilines is 1. The van der Waals surface area contributed by atoms with Crippen molar-refractivity contribution >= 4 is 23.3 Å². The predicted molar refractivity (Wildman–Crippen MR) is 82.9 cm³/mol. The molecule has 2 rings (SSSR count). The zero-order valence-electron chi connectivity index (χ0n) is 12.3. The molecular formula is C15H21ClN2O3. The fourth-order valence-corrected chi connectivity index (χ4v) is 2.66. The van der Waals surface area contributed by atoms with Crippen LogP contribution in [-0.2, 0) is 4.74 Å². The van der Waals surface area contributed by atoms with Crippen molar-refractivity contribution in [2.45, 2.75) is 38.3 Å². The molecule has 6 heteroatoms. The van der Waals surface area contributed by atoms with Crippen LogP contribution in [0.15, 0.2) is 12.1 Å². The van der Waals surface area contributed by atoms with E-state index in [1.807, 2.05) is 6.92 Å². The molecule has 5 nitrogen and oxygen atoms in total. The van der Waals surface area contributed by atoms with Crippen LogP contribution in [0.5, 0.6) is 5.75 Å². The summed E-state index contributed by atoms with van der Waals surface area (Å²) in [4.78, 5) is 12.3. The zero-order valence-corrected chi connectivity index (χ0v) is 13.1. The third-order valence-electron chi connectivity index (χ3n) is 3.75. The number of hydrogen-bond acceptors (Lipinski definition) is 5. The van der Waals surface area contributed by atoms with E-state index in [1.54, 1.807) is 0 Å². The molecule has 0 spiro atoms. The molecule has 21 heavy (non-hydrogen) atoms. The zero-order chi connectivity index (χ0) is 15.4. The fraction of sp³-hybridized carbons (Fsp3) is 0.533. The van der Waals surface area contributed by atoms with Crippen molar-refractivity contribution in [2.24, 2.45) is 0 Å². The van der Waals surface area contributed by atoms with Crippen molar-refractivity contribution in [1.29, 1.82) is 0 Å². The molecule has 0 aromatic heterocycles. The Hall–Kier alpha value is -1.46. The van der Waals surface area contributed by atoms with Gasteiger partial charge in [0.15, 0.2) is 0 Å². The van der Waals surface area contributed by atoms with Gasteiger partial charge in [-0.25, -0.2) is 4.79 Å². The summed E-state index contributed by atoms with van der Waals surface area (Å²) < 4.78 is 10.7. The Bertz CT molecular complexity index is 516. The molecule has 1 aliphatic rings. The number of hydrogen-bond donors (Lipinski definition) is 2. The van der Waals surface area contributed by atoms with Gasteiger partial charge in [-0.15, -0.1) is 0 Å². The van der Waals surface area contributed by atoms with Gasteiger partial charge in [-0.2, -0.15) is 0 Å². The van der Waals surface area contributed by atoms with Crippen molar-refractivity contribution in [3.05, 3.63) is 22.7 Å². The smallest absolute Gasteiger partial charge is 0.342 e. The van der Waals surface area contributed by atoms with Gasteiger partial charge >= 0.3 is 5.97 Å². The highest BCUT2D eigenvalue weighted by atomic mass is 35.5. The van der Waals surface area contributed by atoms with Gasteiger partial charge in [0.05, 0.1) is 17.8 Å². The Morgan fingerprint density at radius 3 is 2.86 bits per heavy atom. The second-order valence-corrected chi connectivity index (χ2v) is 5.65. The predicted octanol–water partition coefficient (Wildman–Crippen LogP) is 2.62. The summed E-state index contributed by atoms with van der Waals surface area (Å²) in [5.41, 5.74) is 6.37. The van der Waals surface area contributed by atoms with E-state index in [1.165, 1.54) is 25.7 Å². The largest absolute Gasteiger partial charge is 0.496 e. The van der Waals surface area contributed by atoms with Gasteiger partial charge in [-0.05, 0) is 32.4 Å². The van der Waals surface area contributed by atoms with Gasteiger partial charge < -0.3 is 20.5 Å². The number of ether oxygens (including phenoxy) is 2. The van der Waals surface area contributed by atoms with Crippen molar-refractivity contribution in [3.63, 3.8) is 0 Å². The summed E-state index contributed by atoms with van der Waals surface area (Å²) in [5, 5.41) is 3.68. The second kappa shape index (κ2) is 7.00. The molecule has 1 aromatic carbocycles. The monoisotopic (exact) mass is 312 g/mol. The van der Waals surface area contributed by atoms with E-state index in [0.717, 1.165) is 19.4 Å². The van der Waals surface area contributed by atoms with Crippen molar-refractivity contribution in [2.75, 3.05) is 19.4 Å². The molecule has 0 radical (unpaired) electrons. The Morgan fingerprint density at radius 2 is 2.24 bits per heavy atom. The van der Waals surface area contributed by atoms with E-state index in [0.29, 0.717) is 22.0 Å². The number of rotatable bonds is 4. The molecule has 3 N–H and O–H groups in total. The number of halogens is 1. The Labute approximate surface area is 129 Å². The Balaban J connectivity index is 2.10. The van der Waals surface area contributed by atoms with Crippen LogP contribution in [-0.4, -0.2) is 31.8 Å². The SMILES string of the molecule is COc1cc(N)c(Cl)cc1C(=O)OC(C)C1CCCCN1. The molecule has 2 unspecified atom stereocenters. The third-order valence-corrected chi connectivity index (χ3v) is 4.07. The van der Waals surface area contributed by atoms with E-state index >= 15 is 0 Å². The maximum atomic E-state index is 12.3. The summed E-state index contributed by atoms with van der Waals surface area (Å²) in [6.07, 6.45) is 3.11. The van der Waals surface area contributed by atoms with E-state index in [-0.39, 0.29) is 12.1 Å². The highest BCUT2D eigenvalue weighted by Gasteiger charge is 2.25. The van der Waals surface area contributed by atoms with Crippen LogP contribution in [0.3, 0.4) is 0 Å². The van der Waals surface area contributed by atoms with E-state index in [9.17, 15) is 4.79 Å². The van der Waals surface area contributed by atoms with Crippen LogP contribution in [0.4, 0.5) is 5.69 Å². The molecular weight excluding hydrogens is 292 g/mol. The lowest BCUT2D eigenvalue weighted by molar-refractivity contribution is 0.0223. The normalized spacial score (nSPS) is 19.9. The number of methoxy groups -OCH3 is 1. The lowest BCUT2D eigenvalue weighted by Gasteiger charge is -2.28. The lowest BCUT2D eigenvalue weighted by atomic mass is 10.0. The first-order valence-electron chi connectivity index (χ1n) is 7.10. The quantitative estimate of drug-likeness (QED) is 0.660. The van der Waals surface area contributed by atoms with Crippen LogP contribution >= 0.6 is 11.6 Å². The number of piperidine rings is 1. The Kier molecular flexibility index (Phi) is 5.31. The van der Waals surface area contributed by atoms with E-state index < -0.39 is 5.97 Å². The topological polar surface area (TPSA) is 73.6 Å². The van der Waals surface area contributed by atoms with Crippen LogP contribution in [0, 0.1) is 0 Å². The van der Waals surface area contributed by atoms with Gasteiger partial charge in [-0.3, -0.25) is 0 Å². The molecule has 2 atom stereocenters. The summed E-state index contributed by atoms with van der Waals surface area (Å²) >= 11 is 5.97. The van der Waals surface area contributed by atoms with Gasteiger partial charge in [-0.1, -0.05) is 18.0 Å². The first kappa shape index (κ1) is 15.9. The highest BCUT2D eigenvalue weighted by molar-refractivity contribution is 6.33. The molecule has 116 valence electrons. The number of esters is 1. The number of nitrogen functional groups attached to an aromatic ring is 1. The van der Waals surface area contributed by atoms with Crippen molar-refractivity contribution in [3.8, 4) is 5.75 Å². The summed E-state index contributed by atoms with van der Waals surface area (Å²) in [6, 6.07) is 3.21. The summed E-state index contributed by atoms with van der Waals surface area (Å²) in [6.45, 7) is 2.86. The van der Waals surface area contributed by atoms with Gasteiger partial charge in [0.2, 0.25) is 0 Å². The third kappa shape index (κ3) is 3.80. The van der Waals surface area contributed by atoms with Crippen molar-refractivity contribution < 1.29 is 14.3 Å². The van der Waals surface area contributed by atoms with Crippen LogP contribution in [0.1, 0.15) is 36.5 Å². The lowest BCUT2D eigenvalue weighted by Crippen LogP contribution is -2.43. The molecule has 1 heterocycles. The van der Waals surface area contributed by atoms with Crippen LogP contribution in [0.25, 0.3) is 0 Å². The maximum Gasteiger partial charge on any atom is 0.342 e. The van der Waals surface area contributed by atoms with Crippen LogP contribution in [0.2, 0.25) is 5.02 Å². The summed E-state index contributed by atoms with van der Waals surface area (Å²) in [7, 11) is 1.48. The minimum atomic E-state index is -0.450. The number of benzene rings is 1. The molecule has 1 aliphatic heterocycles. The molecule has 0 amide bonds. The van der Waals surface area contributed by atoms with Gasteiger partial charge in [0, 0.05) is 12.1 Å². The van der Waals surface area contributed by atoms with E-state index in [4.69, 9.17) is 26.8 Å². The van der Waals surface area contributed by atoms with Gasteiger partial charge in [0.1, 0.15) is 17.4 Å². The van der Waals surface area contributed by atoms with Gasteiger partial charge in [0.25, 0.3) is 0 Å². The minimum Gasteiger partial charge on any atom is -0.496 e. The fourth-order valence-electron chi connectivity index (χ4n) is 2.49. The minimum absolute atomic E-state index is 0.193. The first-order chi connectivity index (χ1) is 10.0. The van der Waals surface area contributed by atoms with E-state index in [2.05, 4.69) is 5.32 Å². The van der Waals surface area contributed by atoms with Crippen molar-refractivity contribution in [1.82, 2.24) is 5.32 Å². The number of nitrogens with two attached hydrogens (primary N) is 1. The maximum absolute atomic E-state index is 12.3. The first-order valence-corrected chi connectivity index (χ1v) is 7.48. The Morgan fingerprint density at radius 1 is 1.48 bits per heavy atom. The standard InChI is InChI=1S/C15H21ClN2O3/c1-9(13-5-3-4-6-18-13)21-15(19)10-7-11(16)12(17)8-14(10)20-2/h7-9,13,18H,3-6,17H2,1-2H3. The molecule has 0 bridgehead atoms. The van der Waals surface area contributed by atoms with Crippen LogP contribution < -0.4 is 15.8 Å². The highest BCUT2D eigenvalue weighted by Crippen LogP contribution is 2.29. The molecule has 0 aliphatic carbocycles. The summed E-state index contributed by atoms with van der Waals surface area (Å²) in [5.74, 6) is -0.0840. The number of nitrogens with one attached hydrogen (secondary N) is 1. The molecule has 1 aromatic rings. The molecule has 1 saturated heterocycles.